The molecule has 4 bridgehead atoms. The lowest BCUT2D eigenvalue weighted by atomic mass is 9.47. The largest absolute Gasteiger partial charge is 0.475 e. The van der Waals surface area contributed by atoms with E-state index in [2.05, 4.69) is 49.3 Å². The predicted molar refractivity (Wildman–Crippen MR) is 183 cm³/mol. The van der Waals surface area contributed by atoms with Crippen molar-refractivity contribution in [2.45, 2.75) is 110 Å². The van der Waals surface area contributed by atoms with Gasteiger partial charge in [-0.25, -0.2) is 18.1 Å². The molecule has 6 rings (SSSR count). The molecule has 2 fully saturated rings. The highest BCUT2D eigenvalue weighted by molar-refractivity contribution is 7.92. The van der Waals surface area contributed by atoms with Crippen LogP contribution in [-0.4, -0.2) is 58.6 Å². The number of ether oxygens (including phenoxy) is 1. The monoisotopic (exact) mass is 660 g/mol. The van der Waals surface area contributed by atoms with Gasteiger partial charge in [-0.1, -0.05) is 58.9 Å². The van der Waals surface area contributed by atoms with Crippen molar-refractivity contribution in [3.8, 4) is 17.1 Å². The molecular formula is C37H48N4O5S. The molecule has 3 aliphatic rings. The highest BCUT2D eigenvalue weighted by Crippen LogP contribution is 2.63. The van der Waals surface area contributed by atoms with Crippen molar-refractivity contribution in [2.75, 3.05) is 11.3 Å². The lowest BCUT2D eigenvalue weighted by molar-refractivity contribution is -0.192. The summed E-state index contributed by atoms with van der Waals surface area (Å²) in [6.07, 6.45) is 4.55. The summed E-state index contributed by atoms with van der Waals surface area (Å²) in [5.74, 6) is 0.332. The van der Waals surface area contributed by atoms with Gasteiger partial charge in [0.05, 0.1) is 22.2 Å². The summed E-state index contributed by atoms with van der Waals surface area (Å²) in [5.41, 5.74) is 2.98. The second-order valence-corrected chi connectivity index (χ2v) is 17.7. The zero-order valence-corrected chi connectivity index (χ0v) is 29.4. The zero-order chi connectivity index (χ0) is 33.9. The lowest BCUT2D eigenvalue weighted by Gasteiger charge is -2.64. The number of nitrogens with zero attached hydrogens (tertiary/aromatic N) is 3. The van der Waals surface area contributed by atoms with Crippen LogP contribution in [-0.2, 0) is 10.0 Å². The molecule has 2 aromatic carbocycles. The van der Waals surface area contributed by atoms with E-state index in [9.17, 15) is 18.3 Å². The van der Waals surface area contributed by atoms with Gasteiger partial charge in [0.1, 0.15) is 6.61 Å². The maximum atomic E-state index is 14.5. The quantitative estimate of drug-likeness (QED) is 0.305. The summed E-state index contributed by atoms with van der Waals surface area (Å²) in [6.45, 7) is 14.9. The van der Waals surface area contributed by atoms with E-state index in [-0.39, 0.29) is 52.2 Å². The van der Waals surface area contributed by atoms with Crippen LogP contribution in [0.2, 0.25) is 0 Å². The van der Waals surface area contributed by atoms with E-state index in [1.807, 2.05) is 36.9 Å². The van der Waals surface area contributed by atoms with Crippen molar-refractivity contribution in [1.29, 1.82) is 0 Å². The van der Waals surface area contributed by atoms with Gasteiger partial charge in [0.2, 0.25) is 11.8 Å². The van der Waals surface area contributed by atoms with E-state index in [0.29, 0.717) is 23.6 Å². The van der Waals surface area contributed by atoms with Crippen LogP contribution in [0.1, 0.15) is 94.6 Å². The third-order valence-corrected chi connectivity index (χ3v) is 11.2. The standard InChI is InChI=1S/C37H48N4O5S/c1-23(2)16-37(43)21-36(22-37)18-27(19-36)41-28(17-35(5,6)7)20-46-31-15-30(32-24(3)10-8-11-25(32)4)38-34(39-31)40-47(44,45)29-13-9-12-26(14-29)33(41)42/h8-15,23,27-28,43H,16-22H2,1-7H3,(H,38,39,40)/t27?,28-,36?,37?/m1/s1. The van der Waals surface area contributed by atoms with E-state index in [1.165, 1.54) is 12.1 Å². The summed E-state index contributed by atoms with van der Waals surface area (Å²) in [6, 6.07) is 13.5. The molecule has 1 spiro atoms. The Balaban J connectivity index is 1.41. The summed E-state index contributed by atoms with van der Waals surface area (Å²) in [5, 5.41) is 11.1. The number of nitrogens with one attached hydrogen (secondary N) is 1. The second kappa shape index (κ2) is 11.9. The summed E-state index contributed by atoms with van der Waals surface area (Å²) < 4.78 is 36.3. The Hall–Kier alpha value is -3.50. The van der Waals surface area contributed by atoms with Gasteiger partial charge in [-0.15, -0.1) is 0 Å². The molecule has 0 radical (unpaired) electrons. The van der Waals surface area contributed by atoms with Gasteiger partial charge in [0.25, 0.3) is 15.9 Å². The van der Waals surface area contributed by atoms with Crippen molar-refractivity contribution in [3.63, 3.8) is 0 Å². The van der Waals surface area contributed by atoms with Gasteiger partial charge in [-0.05, 0) is 98.4 Å². The predicted octanol–water partition coefficient (Wildman–Crippen LogP) is 6.92. The number of hydrogen-bond acceptors (Lipinski definition) is 7. The highest BCUT2D eigenvalue weighted by atomic mass is 32.2. The van der Waals surface area contributed by atoms with Crippen molar-refractivity contribution in [2.24, 2.45) is 16.7 Å². The molecule has 2 N–H and O–H groups in total. The molecule has 0 unspecified atom stereocenters. The van der Waals surface area contributed by atoms with Crippen LogP contribution < -0.4 is 9.46 Å². The number of sulfonamides is 1. The Bertz CT molecular complexity index is 1760. The van der Waals surface area contributed by atoms with Crippen LogP contribution in [0.15, 0.2) is 53.4 Å². The van der Waals surface area contributed by atoms with E-state index < -0.39 is 15.6 Å². The fourth-order valence-corrected chi connectivity index (χ4v) is 9.43. The molecule has 3 aromatic rings. The fourth-order valence-electron chi connectivity index (χ4n) is 8.45. The van der Waals surface area contributed by atoms with Crippen molar-refractivity contribution in [1.82, 2.24) is 14.9 Å². The Morgan fingerprint density at radius 3 is 2.34 bits per heavy atom. The number of aromatic nitrogens is 2. The zero-order valence-electron chi connectivity index (χ0n) is 28.6. The van der Waals surface area contributed by atoms with Gasteiger partial charge in [-0.3, -0.25) is 4.79 Å². The van der Waals surface area contributed by atoms with Crippen molar-refractivity contribution < 1.29 is 23.1 Å². The summed E-state index contributed by atoms with van der Waals surface area (Å²) in [7, 11) is -4.14. The smallest absolute Gasteiger partial charge is 0.264 e. The highest BCUT2D eigenvalue weighted by Gasteiger charge is 2.61. The molecule has 2 heterocycles. The molecule has 1 amide bonds. The fraction of sp³-hybridized carbons (Fsp3) is 0.541. The van der Waals surface area contributed by atoms with Crippen molar-refractivity contribution in [3.05, 3.63) is 65.2 Å². The first-order valence-corrected chi connectivity index (χ1v) is 18.2. The number of aryl methyl sites for hydroxylation is 2. The van der Waals surface area contributed by atoms with Crippen LogP contribution >= 0.6 is 0 Å². The number of benzene rings is 2. The molecule has 0 saturated heterocycles. The van der Waals surface area contributed by atoms with Crippen LogP contribution in [0.25, 0.3) is 11.3 Å². The number of hydrogen-bond donors (Lipinski definition) is 2. The number of anilines is 1. The molecule has 10 heteroatoms. The number of fused-ring (bicyclic) bond motifs is 4. The second-order valence-electron chi connectivity index (χ2n) is 16.0. The molecule has 1 aliphatic heterocycles. The van der Waals surface area contributed by atoms with Crippen LogP contribution in [0.3, 0.4) is 0 Å². The Morgan fingerprint density at radius 1 is 1.04 bits per heavy atom. The van der Waals surface area contributed by atoms with Gasteiger partial charge in [-0.2, -0.15) is 4.98 Å². The lowest BCUT2D eigenvalue weighted by Crippen LogP contribution is -2.65. The summed E-state index contributed by atoms with van der Waals surface area (Å²) in [4.78, 5) is 25.6. The average molecular weight is 661 g/mol. The van der Waals surface area contributed by atoms with E-state index >= 15 is 0 Å². The van der Waals surface area contributed by atoms with Crippen molar-refractivity contribution >= 4 is 21.9 Å². The first kappa shape index (κ1) is 33.4. The third-order valence-electron chi connectivity index (χ3n) is 9.88. The Kier molecular flexibility index (Phi) is 8.44. The topological polar surface area (TPSA) is 122 Å². The summed E-state index contributed by atoms with van der Waals surface area (Å²) >= 11 is 0. The van der Waals surface area contributed by atoms with E-state index in [1.54, 1.807) is 18.2 Å². The number of carbonyl (C=O) groups excluding carboxylic acids is 1. The molecule has 252 valence electrons. The minimum Gasteiger partial charge on any atom is -0.475 e. The van der Waals surface area contributed by atoms with Crippen LogP contribution in [0.5, 0.6) is 5.88 Å². The van der Waals surface area contributed by atoms with Crippen LogP contribution in [0, 0.1) is 30.6 Å². The minimum atomic E-state index is -4.14. The Labute approximate surface area is 279 Å². The normalized spacial score (nSPS) is 27.1. The molecule has 47 heavy (non-hydrogen) atoms. The van der Waals surface area contributed by atoms with Crippen LogP contribution in [0.4, 0.5) is 5.95 Å². The van der Waals surface area contributed by atoms with E-state index in [0.717, 1.165) is 48.8 Å². The molecule has 2 aliphatic carbocycles. The Morgan fingerprint density at radius 2 is 1.70 bits per heavy atom. The van der Waals surface area contributed by atoms with Gasteiger partial charge < -0.3 is 14.7 Å². The maximum Gasteiger partial charge on any atom is 0.264 e. The van der Waals surface area contributed by atoms with Gasteiger partial charge in [0.15, 0.2) is 0 Å². The first-order valence-electron chi connectivity index (χ1n) is 16.7. The molecule has 2 saturated carbocycles. The van der Waals surface area contributed by atoms with Gasteiger partial charge in [0, 0.05) is 23.2 Å². The molecule has 9 nitrogen and oxygen atoms in total. The molecule has 1 aromatic heterocycles. The average Bonchev–Trinajstić information content (AvgIpc) is 2.92. The number of amides is 1. The van der Waals surface area contributed by atoms with E-state index in [4.69, 9.17) is 4.74 Å². The number of aliphatic hydroxyl groups is 1. The number of carbonyl (C=O) groups is 1. The SMILES string of the molecule is Cc1cccc(C)c1-c1cc2nc(n1)NS(=O)(=O)c1cccc(c1)C(=O)N(C1CC3(C1)CC(O)(CC(C)C)C3)[C@H](CC(C)(C)C)CO2. The van der Waals surface area contributed by atoms with Gasteiger partial charge >= 0.3 is 0 Å². The maximum absolute atomic E-state index is 14.5. The molecule has 1 atom stereocenters. The number of rotatable bonds is 5. The molecular weight excluding hydrogens is 612 g/mol. The first-order chi connectivity index (χ1) is 21.9. The minimum absolute atomic E-state index is 0.0276. The third kappa shape index (κ3) is 6.90.